The molecule has 0 saturated heterocycles. The van der Waals surface area contributed by atoms with Crippen molar-refractivity contribution < 1.29 is 54.2 Å². The lowest BCUT2D eigenvalue weighted by Gasteiger charge is -2.39. The lowest BCUT2D eigenvalue weighted by Crippen LogP contribution is -2.54. The number of hydrogen-bond acceptors (Lipinski definition) is 5. The van der Waals surface area contributed by atoms with Crippen molar-refractivity contribution in [2.24, 2.45) is 0 Å². The summed E-state index contributed by atoms with van der Waals surface area (Å²) in [6.45, 7) is -0.132. The van der Waals surface area contributed by atoms with Crippen LogP contribution >= 0.6 is 0 Å². The summed E-state index contributed by atoms with van der Waals surface area (Å²) in [5.74, 6) is -1.36. The predicted octanol–water partition coefficient (Wildman–Crippen LogP) is 3.54. The first-order valence-electron chi connectivity index (χ1n) is 11.2. The molecule has 0 radical (unpaired) electrons. The molecule has 1 heterocycles. The van der Waals surface area contributed by atoms with E-state index in [2.05, 4.69) is 5.32 Å². The Morgan fingerprint density at radius 1 is 1.03 bits per heavy atom. The predicted molar refractivity (Wildman–Crippen MR) is 120 cm³/mol. The second-order valence-corrected chi connectivity index (χ2v) is 10.4. The van der Waals surface area contributed by atoms with Gasteiger partial charge in [-0.2, -0.15) is 26.3 Å². The molecule has 3 rings (SSSR count). The number of anilines is 1. The summed E-state index contributed by atoms with van der Waals surface area (Å²) >= 11 is 0. The van der Waals surface area contributed by atoms with Crippen LogP contribution < -0.4 is 9.62 Å². The molecule has 1 aliphatic rings. The molecule has 1 aliphatic heterocycles. The molecular formula is C23H23F7N2O5S. The van der Waals surface area contributed by atoms with Crippen LogP contribution in [0.5, 0.6) is 0 Å². The Balaban J connectivity index is 2.12. The molecule has 0 fully saturated rings. The molecule has 15 heteroatoms. The maximum Gasteiger partial charge on any atom is 0.430 e. The van der Waals surface area contributed by atoms with E-state index in [1.54, 1.807) is 0 Å². The number of carbonyl (C=O) groups is 1. The topological polar surface area (TPSA) is 107 Å². The highest BCUT2D eigenvalue weighted by molar-refractivity contribution is 7.92. The van der Waals surface area contributed by atoms with E-state index in [-0.39, 0.29) is 43.7 Å². The largest absolute Gasteiger partial charge is 0.430 e. The molecule has 210 valence electrons. The van der Waals surface area contributed by atoms with E-state index >= 15 is 0 Å². The molecule has 7 nitrogen and oxygen atoms in total. The molecule has 2 aromatic rings. The van der Waals surface area contributed by atoms with Gasteiger partial charge in [0.2, 0.25) is 5.91 Å². The third-order valence-electron chi connectivity index (χ3n) is 6.08. The number of aryl methyl sites for hydroxylation is 1. The zero-order valence-corrected chi connectivity index (χ0v) is 20.3. The lowest BCUT2D eigenvalue weighted by atomic mass is 9.87. The standard InChI is InChI=1S/C23H23F7N2O5S/c24-16-4-7-18(8-5-16)38(36,37)32-17(13-20(34)31-10-1-11-33)6-2-14-12-15(3-9-19(14)32)21(35,22(25,26)27)23(28,29)30/h3-5,7-9,12,17,33,35H,1-2,6,10-11,13H2,(H,31,34). The van der Waals surface area contributed by atoms with Crippen molar-refractivity contribution in [1.29, 1.82) is 0 Å². The number of sulfonamides is 1. The monoisotopic (exact) mass is 572 g/mol. The van der Waals surface area contributed by atoms with Crippen molar-refractivity contribution in [3.8, 4) is 0 Å². The van der Waals surface area contributed by atoms with Crippen molar-refractivity contribution in [2.45, 2.75) is 54.6 Å². The van der Waals surface area contributed by atoms with Gasteiger partial charge in [0, 0.05) is 25.1 Å². The van der Waals surface area contributed by atoms with Gasteiger partial charge in [-0.15, -0.1) is 0 Å². The lowest BCUT2D eigenvalue weighted by molar-refractivity contribution is -0.376. The first-order valence-corrected chi connectivity index (χ1v) is 12.6. The number of aliphatic hydroxyl groups is 2. The van der Waals surface area contributed by atoms with Crippen molar-refractivity contribution in [3.63, 3.8) is 0 Å². The van der Waals surface area contributed by atoms with Crippen molar-refractivity contribution in [1.82, 2.24) is 5.32 Å². The molecule has 1 amide bonds. The highest BCUT2D eigenvalue weighted by atomic mass is 32.2. The van der Waals surface area contributed by atoms with Crippen LogP contribution in [-0.2, 0) is 26.8 Å². The molecular weight excluding hydrogens is 549 g/mol. The third-order valence-corrected chi connectivity index (χ3v) is 7.96. The average Bonchev–Trinajstić information content (AvgIpc) is 2.82. The van der Waals surface area contributed by atoms with Gasteiger partial charge in [0.05, 0.1) is 16.6 Å². The van der Waals surface area contributed by atoms with Crippen molar-refractivity contribution >= 4 is 21.6 Å². The number of alkyl halides is 6. The number of carbonyl (C=O) groups excluding carboxylic acids is 1. The van der Waals surface area contributed by atoms with E-state index in [0.29, 0.717) is 22.5 Å². The summed E-state index contributed by atoms with van der Waals surface area (Å²) in [4.78, 5) is 12.0. The maximum absolute atomic E-state index is 13.5. The molecule has 0 bridgehead atoms. The van der Waals surface area contributed by atoms with Gasteiger partial charge in [0.25, 0.3) is 15.6 Å². The smallest absolute Gasteiger partial charge is 0.396 e. The minimum atomic E-state index is -6.14. The number of fused-ring (bicyclic) bond motifs is 1. The van der Waals surface area contributed by atoms with Crippen LogP contribution in [-0.4, -0.2) is 56.1 Å². The van der Waals surface area contributed by atoms with Gasteiger partial charge in [0.15, 0.2) is 0 Å². The summed E-state index contributed by atoms with van der Waals surface area (Å²) in [7, 11) is -4.58. The average molecular weight is 572 g/mol. The molecule has 1 atom stereocenters. The molecule has 1 unspecified atom stereocenters. The maximum atomic E-state index is 13.5. The van der Waals surface area contributed by atoms with E-state index in [1.807, 2.05) is 0 Å². The molecule has 0 saturated carbocycles. The van der Waals surface area contributed by atoms with Gasteiger partial charge in [-0.3, -0.25) is 9.10 Å². The fourth-order valence-corrected chi connectivity index (χ4v) is 5.89. The number of aliphatic hydroxyl groups excluding tert-OH is 1. The van der Waals surface area contributed by atoms with E-state index < -0.39 is 62.6 Å². The van der Waals surface area contributed by atoms with Gasteiger partial charge in [-0.25, -0.2) is 12.8 Å². The van der Waals surface area contributed by atoms with Crippen LogP contribution in [0.1, 0.15) is 30.4 Å². The Hall–Kier alpha value is -2.91. The number of nitrogens with zero attached hydrogens (tertiary/aromatic N) is 1. The van der Waals surface area contributed by atoms with Crippen LogP contribution in [0.2, 0.25) is 0 Å². The Morgan fingerprint density at radius 3 is 2.18 bits per heavy atom. The fraction of sp³-hybridized carbons (Fsp3) is 0.435. The van der Waals surface area contributed by atoms with Crippen LogP contribution in [0, 0.1) is 5.82 Å². The summed E-state index contributed by atoms with van der Waals surface area (Å²) in [5, 5.41) is 21.1. The number of nitrogens with one attached hydrogen (secondary N) is 1. The first-order chi connectivity index (χ1) is 17.5. The van der Waals surface area contributed by atoms with Crippen molar-refractivity contribution in [3.05, 3.63) is 59.4 Å². The number of rotatable bonds is 8. The number of benzene rings is 2. The second kappa shape index (κ2) is 10.7. The summed E-state index contributed by atoms with van der Waals surface area (Å²) in [6, 6.07) is 3.95. The molecule has 3 N–H and O–H groups in total. The van der Waals surface area contributed by atoms with E-state index in [9.17, 15) is 49.1 Å². The number of hydrogen-bond donors (Lipinski definition) is 3. The zero-order chi connectivity index (χ0) is 28.5. The zero-order valence-electron chi connectivity index (χ0n) is 19.5. The van der Waals surface area contributed by atoms with Crippen LogP contribution in [0.4, 0.5) is 36.4 Å². The Labute approximate surface area is 212 Å². The highest BCUT2D eigenvalue weighted by Gasteiger charge is 2.71. The Kier molecular flexibility index (Phi) is 8.34. The quantitative estimate of drug-likeness (QED) is 0.332. The van der Waals surface area contributed by atoms with Crippen LogP contribution in [0.25, 0.3) is 0 Å². The minimum absolute atomic E-state index is 0.0835. The second-order valence-electron chi connectivity index (χ2n) is 8.63. The molecule has 2 aromatic carbocycles. The Bertz CT molecular complexity index is 1250. The van der Waals surface area contributed by atoms with E-state index in [0.717, 1.165) is 24.3 Å². The molecule has 0 spiro atoms. The summed E-state index contributed by atoms with van der Waals surface area (Å²) in [6.07, 6.45) is -12.8. The number of halogens is 7. The van der Waals surface area contributed by atoms with E-state index in [1.165, 1.54) is 0 Å². The molecule has 38 heavy (non-hydrogen) atoms. The van der Waals surface area contributed by atoms with Gasteiger partial charge >= 0.3 is 12.4 Å². The van der Waals surface area contributed by atoms with Gasteiger partial charge < -0.3 is 15.5 Å². The number of amides is 1. The molecule has 0 aromatic heterocycles. The third kappa shape index (κ3) is 5.59. The van der Waals surface area contributed by atoms with Crippen LogP contribution in [0.15, 0.2) is 47.4 Å². The van der Waals surface area contributed by atoms with Gasteiger partial charge in [-0.05, 0) is 55.2 Å². The highest BCUT2D eigenvalue weighted by Crippen LogP contribution is 2.51. The summed E-state index contributed by atoms with van der Waals surface area (Å²) in [5.41, 5.74) is -7.28. The summed E-state index contributed by atoms with van der Waals surface area (Å²) < 4.78 is 122. The van der Waals surface area contributed by atoms with Crippen molar-refractivity contribution in [2.75, 3.05) is 17.5 Å². The van der Waals surface area contributed by atoms with Crippen LogP contribution in [0.3, 0.4) is 0 Å². The fourth-order valence-electron chi connectivity index (χ4n) is 4.17. The SMILES string of the molecule is O=C(CC1CCc2cc(C(O)(C(F)(F)F)C(F)(F)F)ccc2N1S(=O)(=O)c1ccc(F)cc1)NCCCO. The van der Waals surface area contributed by atoms with Gasteiger partial charge in [0.1, 0.15) is 5.82 Å². The minimum Gasteiger partial charge on any atom is -0.396 e. The molecule has 0 aliphatic carbocycles. The normalized spacial score (nSPS) is 16.8. The van der Waals surface area contributed by atoms with E-state index in [4.69, 9.17) is 5.11 Å². The Morgan fingerprint density at radius 2 is 1.63 bits per heavy atom. The first kappa shape index (κ1) is 29.6. The van der Waals surface area contributed by atoms with Gasteiger partial charge in [-0.1, -0.05) is 12.1 Å².